The van der Waals surface area contributed by atoms with Crippen LogP contribution in [0.15, 0.2) is 4.42 Å². The molecule has 1 aliphatic heterocycles. The molecule has 1 saturated heterocycles. The van der Waals surface area contributed by atoms with Gasteiger partial charge in [0.1, 0.15) is 0 Å². The van der Waals surface area contributed by atoms with Crippen molar-refractivity contribution >= 4 is 5.91 Å². The number of hydrogen-bond acceptors (Lipinski definition) is 5. The summed E-state index contributed by atoms with van der Waals surface area (Å²) >= 11 is 0. The number of carbonyl (C=O) groups is 1. The van der Waals surface area contributed by atoms with E-state index >= 15 is 0 Å². The molecule has 1 fully saturated rings. The average Bonchev–Trinajstić information content (AvgIpc) is 2.59. The summed E-state index contributed by atoms with van der Waals surface area (Å²) in [6.07, 6.45) is 0. The zero-order valence-corrected chi connectivity index (χ0v) is 8.86. The van der Waals surface area contributed by atoms with Crippen LogP contribution >= 0.6 is 0 Å². The van der Waals surface area contributed by atoms with Crippen LogP contribution in [0.2, 0.25) is 0 Å². The Balaban J connectivity index is 2.02. The van der Waals surface area contributed by atoms with Gasteiger partial charge in [-0.2, -0.15) is 0 Å². The number of aromatic nitrogens is 2. The molecule has 0 aliphatic carbocycles. The van der Waals surface area contributed by atoms with E-state index in [4.69, 9.17) is 4.42 Å². The summed E-state index contributed by atoms with van der Waals surface area (Å²) in [5.41, 5.74) is 0. The number of carbonyl (C=O) groups excluding carboxylic acids is 1. The van der Waals surface area contributed by atoms with Crippen molar-refractivity contribution in [3.8, 4) is 0 Å². The average molecular weight is 210 g/mol. The van der Waals surface area contributed by atoms with E-state index in [9.17, 15) is 4.79 Å². The minimum absolute atomic E-state index is 0.0532. The predicted molar refractivity (Wildman–Crippen MR) is 51.9 cm³/mol. The van der Waals surface area contributed by atoms with E-state index in [0.29, 0.717) is 24.9 Å². The number of rotatable bonds is 2. The lowest BCUT2D eigenvalue weighted by atomic mass is 10.2. The fraction of sp³-hybridized carbons (Fsp3) is 0.667. The van der Waals surface area contributed by atoms with Gasteiger partial charge in [0.05, 0.1) is 12.6 Å². The van der Waals surface area contributed by atoms with Crippen LogP contribution in [0.3, 0.4) is 0 Å². The molecule has 15 heavy (non-hydrogen) atoms. The SMILES string of the molecule is Cc1nnc(CN2CCNC(=O)C2C)o1. The molecular formula is C9H14N4O2. The van der Waals surface area contributed by atoms with Crippen LogP contribution in [-0.2, 0) is 11.3 Å². The lowest BCUT2D eigenvalue weighted by Gasteiger charge is -2.31. The van der Waals surface area contributed by atoms with Crippen LogP contribution in [-0.4, -0.2) is 40.1 Å². The third kappa shape index (κ3) is 2.15. The van der Waals surface area contributed by atoms with Gasteiger partial charge < -0.3 is 9.73 Å². The second-order valence-electron chi connectivity index (χ2n) is 3.65. The molecule has 0 bridgehead atoms. The third-order valence-electron chi connectivity index (χ3n) is 2.53. The van der Waals surface area contributed by atoms with Gasteiger partial charge in [0, 0.05) is 20.0 Å². The first-order valence-electron chi connectivity index (χ1n) is 4.97. The van der Waals surface area contributed by atoms with Crippen molar-refractivity contribution in [2.75, 3.05) is 13.1 Å². The first-order chi connectivity index (χ1) is 7.16. The van der Waals surface area contributed by atoms with Crippen LogP contribution < -0.4 is 5.32 Å². The van der Waals surface area contributed by atoms with Gasteiger partial charge >= 0.3 is 0 Å². The number of aryl methyl sites for hydroxylation is 1. The van der Waals surface area contributed by atoms with E-state index in [0.717, 1.165) is 6.54 Å². The van der Waals surface area contributed by atoms with Crippen LogP contribution in [0.25, 0.3) is 0 Å². The number of piperazine rings is 1. The van der Waals surface area contributed by atoms with E-state index in [1.807, 2.05) is 11.8 Å². The van der Waals surface area contributed by atoms with Gasteiger partial charge in [-0.05, 0) is 6.92 Å². The Bertz CT molecular complexity index is 363. The van der Waals surface area contributed by atoms with Gasteiger partial charge in [-0.15, -0.1) is 10.2 Å². The highest BCUT2D eigenvalue weighted by Crippen LogP contribution is 2.09. The minimum atomic E-state index is -0.133. The first kappa shape index (κ1) is 10.1. The maximum absolute atomic E-state index is 11.4. The lowest BCUT2D eigenvalue weighted by molar-refractivity contribution is -0.128. The summed E-state index contributed by atoms with van der Waals surface area (Å²) < 4.78 is 5.27. The lowest BCUT2D eigenvalue weighted by Crippen LogP contribution is -2.53. The zero-order valence-electron chi connectivity index (χ0n) is 8.86. The highest BCUT2D eigenvalue weighted by atomic mass is 16.4. The Labute approximate surface area is 87.7 Å². The Hall–Kier alpha value is -1.43. The first-order valence-corrected chi connectivity index (χ1v) is 4.97. The number of amides is 1. The molecule has 1 N–H and O–H groups in total. The number of nitrogens with zero attached hydrogens (tertiary/aromatic N) is 3. The third-order valence-corrected chi connectivity index (χ3v) is 2.53. The summed E-state index contributed by atoms with van der Waals surface area (Å²) in [7, 11) is 0. The molecule has 1 aliphatic rings. The monoisotopic (exact) mass is 210 g/mol. The molecule has 1 atom stereocenters. The highest BCUT2D eigenvalue weighted by molar-refractivity contribution is 5.81. The smallest absolute Gasteiger partial charge is 0.237 e. The highest BCUT2D eigenvalue weighted by Gasteiger charge is 2.26. The molecule has 6 nitrogen and oxygen atoms in total. The fourth-order valence-electron chi connectivity index (χ4n) is 1.62. The summed E-state index contributed by atoms with van der Waals surface area (Å²) in [5.74, 6) is 1.17. The Kier molecular flexibility index (Phi) is 2.68. The van der Waals surface area contributed by atoms with E-state index in [-0.39, 0.29) is 11.9 Å². The van der Waals surface area contributed by atoms with Crippen molar-refractivity contribution in [1.82, 2.24) is 20.4 Å². The van der Waals surface area contributed by atoms with Crippen LogP contribution in [0.4, 0.5) is 0 Å². The quantitative estimate of drug-likeness (QED) is 0.725. The second-order valence-corrected chi connectivity index (χ2v) is 3.65. The molecule has 82 valence electrons. The van der Waals surface area contributed by atoms with Crippen molar-refractivity contribution in [1.29, 1.82) is 0 Å². The van der Waals surface area contributed by atoms with E-state index in [1.165, 1.54) is 0 Å². The van der Waals surface area contributed by atoms with Crippen LogP contribution in [0.1, 0.15) is 18.7 Å². The van der Waals surface area contributed by atoms with E-state index in [2.05, 4.69) is 15.5 Å². The fourth-order valence-corrected chi connectivity index (χ4v) is 1.62. The molecule has 1 unspecified atom stereocenters. The normalized spacial score (nSPS) is 22.8. The van der Waals surface area contributed by atoms with Gasteiger partial charge in [-0.1, -0.05) is 0 Å². The predicted octanol–water partition coefficient (Wildman–Crippen LogP) is -0.302. The maximum atomic E-state index is 11.4. The topological polar surface area (TPSA) is 71.3 Å². The molecule has 2 rings (SSSR count). The Morgan fingerprint density at radius 3 is 3.07 bits per heavy atom. The van der Waals surface area contributed by atoms with Crippen molar-refractivity contribution in [2.24, 2.45) is 0 Å². The molecule has 0 radical (unpaired) electrons. The molecule has 6 heteroatoms. The summed E-state index contributed by atoms with van der Waals surface area (Å²) in [6, 6.07) is -0.133. The van der Waals surface area contributed by atoms with Crippen LogP contribution in [0.5, 0.6) is 0 Å². The molecule has 1 aromatic rings. The molecule has 2 heterocycles. The molecule has 0 aromatic carbocycles. The van der Waals surface area contributed by atoms with Gasteiger partial charge in [0.25, 0.3) is 0 Å². The van der Waals surface area contributed by atoms with Gasteiger partial charge in [-0.25, -0.2) is 0 Å². The molecule has 0 spiro atoms. The summed E-state index contributed by atoms with van der Waals surface area (Å²) in [5, 5.41) is 10.5. The zero-order chi connectivity index (χ0) is 10.8. The molecule has 0 saturated carbocycles. The van der Waals surface area contributed by atoms with Crippen molar-refractivity contribution < 1.29 is 9.21 Å². The number of nitrogens with one attached hydrogen (secondary N) is 1. The second kappa shape index (κ2) is 3.98. The van der Waals surface area contributed by atoms with Crippen molar-refractivity contribution in [2.45, 2.75) is 26.4 Å². The Morgan fingerprint density at radius 2 is 2.40 bits per heavy atom. The van der Waals surface area contributed by atoms with Crippen LogP contribution in [0, 0.1) is 6.92 Å². The van der Waals surface area contributed by atoms with Crippen molar-refractivity contribution in [3.63, 3.8) is 0 Å². The maximum Gasteiger partial charge on any atom is 0.237 e. The standard InChI is InChI=1S/C9H14N4O2/c1-6-9(14)10-3-4-13(6)5-8-12-11-7(2)15-8/h6H,3-5H2,1-2H3,(H,10,14). The van der Waals surface area contributed by atoms with Gasteiger partial charge in [0.15, 0.2) is 0 Å². The Morgan fingerprint density at radius 1 is 1.60 bits per heavy atom. The molecule has 1 amide bonds. The summed E-state index contributed by atoms with van der Waals surface area (Å²) in [6.45, 7) is 5.65. The largest absolute Gasteiger partial charge is 0.424 e. The van der Waals surface area contributed by atoms with Gasteiger partial charge in [-0.3, -0.25) is 9.69 Å². The minimum Gasteiger partial charge on any atom is -0.424 e. The van der Waals surface area contributed by atoms with Gasteiger partial charge in [0.2, 0.25) is 17.7 Å². The molecular weight excluding hydrogens is 196 g/mol. The van der Waals surface area contributed by atoms with E-state index in [1.54, 1.807) is 6.92 Å². The summed E-state index contributed by atoms with van der Waals surface area (Å²) in [4.78, 5) is 13.4. The number of hydrogen-bond donors (Lipinski definition) is 1. The molecule has 1 aromatic heterocycles. The van der Waals surface area contributed by atoms with Crippen molar-refractivity contribution in [3.05, 3.63) is 11.8 Å². The van der Waals surface area contributed by atoms with E-state index < -0.39 is 0 Å².